The highest BCUT2D eigenvalue weighted by atomic mass is 19.1. The van der Waals surface area contributed by atoms with Crippen molar-refractivity contribution in [3.8, 4) is 0 Å². The van der Waals surface area contributed by atoms with Crippen LogP contribution in [-0.2, 0) is 13.1 Å². The van der Waals surface area contributed by atoms with Crippen molar-refractivity contribution in [3.63, 3.8) is 0 Å². The van der Waals surface area contributed by atoms with Crippen molar-refractivity contribution in [2.75, 3.05) is 26.2 Å². The Hall–Kier alpha value is -2.57. The van der Waals surface area contributed by atoms with Gasteiger partial charge in [0.2, 0.25) is 0 Å². The van der Waals surface area contributed by atoms with Crippen molar-refractivity contribution in [1.82, 2.24) is 19.2 Å². The van der Waals surface area contributed by atoms with Crippen LogP contribution >= 0.6 is 0 Å². The van der Waals surface area contributed by atoms with Gasteiger partial charge in [-0.15, -0.1) is 0 Å². The van der Waals surface area contributed by atoms with Crippen molar-refractivity contribution >= 4 is 5.65 Å². The number of halogens is 1. The summed E-state index contributed by atoms with van der Waals surface area (Å²) in [6.45, 7) is 6.76. The number of hydrogen-bond acceptors (Lipinski definition) is 4. The summed E-state index contributed by atoms with van der Waals surface area (Å²) in [7, 11) is 0. The van der Waals surface area contributed by atoms with E-state index in [1.807, 2.05) is 37.4 Å². The molecule has 1 fully saturated rings. The number of aromatic nitrogens is 2. The Bertz CT molecular complexity index is 1010. The SMILES string of the molecule is Cc1ccc2nc(CN3CCN(Cc4ccccc4F)CC3)cc(=O)n2c1. The average molecular weight is 366 g/mol. The van der Waals surface area contributed by atoms with Gasteiger partial charge in [0, 0.05) is 57.1 Å². The third-order valence-electron chi connectivity index (χ3n) is 5.06. The molecule has 6 heteroatoms. The first kappa shape index (κ1) is 17.8. The molecule has 1 aliphatic rings. The van der Waals surface area contributed by atoms with E-state index in [4.69, 9.17) is 0 Å². The van der Waals surface area contributed by atoms with Gasteiger partial charge in [0.15, 0.2) is 0 Å². The van der Waals surface area contributed by atoms with Gasteiger partial charge in [-0.3, -0.25) is 19.0 Å². The lowest BCUT2D eigenvalue weighted by atomic mass is 10.2. The van der Waals surface area contributed by atoms with Crippen LogP contribution in [0.5, 0.6) is 0 Å². The molecule has 0 atom stereocenters. The predicted molar refractivity (Wildman–Crippen MR) is 103 cm³/mol. The number of rotatable bonds is 4. The van der Waals surface area contributed by atoms with Crippen molar-refractivity contribution in [1.29, 1.82) is 0 Å². The molecule has 27 heavy (non-hydrogen) atoms. The van der Waals surface area contributed by atoms with Crippen molar-refractivity contribution in [2.24, 2.45) is 0 Å². The van der Waals surface area contributed by atoms with Crippen LogP contribution in [0.2, 0.25) is 0 Å². The standard InChI is InChI=1S/C21H23FN4O/c1-16-6-7-20-23-18(12-21(27)26(20)13-16)15-25-10-8-24(9-11-25)14-17-4-2-3-5-19(17)22/h2-7,12-13H,8-11,14-15H2,1H3. The van der Waals surface area contributed by atoms with Crippen LogP contribution in [0.1, 0.15) is 16.8 Å². The third kappa shape index (κ3) is 4.07. The Labute approximate surface area is 157 Å². The highest BCUT2D eigenvalue weighted by molar-refractivity contribution is 5.39. The zero-order valence-corrected chi connectivity index (χ0v) is 15.4. The number of nitrogens with zero attached hydrogens (tertiary/aromatic N) is 4. The normalized spacial score (nSPS) is 16.1. The maximum atomic E-state index is 13.8. The summed E-state index contributed by atoms with van der Waals surface area (Å²) in [5.74, 6) is -0.143. The Kier molecular flexibility index (Phi) is 5.01. The van der Waals surface area contributed by atoms with Gasteiger partial charge >= 0.3 is 0 Å². The second-order valence-electron chi connectivity index (χ2n) is 7.16. The molecule has 140 valence electrons. The van der Waals surface area contributed by atoms with Crippen LogP contribution in [0, 0.1) is 12.7 Å². The fourth-order valence-corrected chi connectivity index (χ4v) is 3.54. The summed E-state index contributed by atoms with van der Waals surface area (Å²) in [4.78, 5) is 21.5. The maximum Gasteiger partial charge on any atom is 0.258 e. The minimum atomic E-state index is -0.143. The van der Waals surface area contributed by atoms with Gasteiger partial charge < -0.3 is 0 Å². The van der Waals surface area contributed by atoms with E-state index in [0.29, 0.717) is 18.7 Å². The number of pyridine rings is 1. The van der Waals surface area contributed by atoms with Gasteiger partial charge in [-0.05, 0) is 24.6 Å². The second kappa shape index (κ2) is 7.58. The molecule has 0 bridgehead atoms. The Morgan fingerprint density at radius 1 is 1.00 bits per heavy atom. The van der Waals surface area contributed by atoms with Gasteiger partial charge in [-0.25, -0.2) is 9.37 Å². The third-order valence-corrected chi connectivity index (χ3v) is 5.06. The Balaban J connectivity index is 1.39. The van der Waals surface area contributed by atoms with E-state index in [1.54, 1.807) is 16.5 Å². The van der Waals surface area contributed by atoms with E-state index in [2.05, 4.69) is 14.8 Å². The van der Waals surface area contributed by atoms with E-state index < -0.39 is 0 Å². The summed E-state index contributed by atoms with van der Waals surface area (Å²) in [6, 6.07) is 12.4. The van der Waals surface area contributed by atoms with Crippen molar-refractivity contribution < 1.29 is 4.39 Å². The molecule has 0 aliphatic carbocycles. The number of fused-ring (bicyclic) bond motifs is 1. The molecule has 1 aliphatic heterocycles. The largest absolute Gasteiger partial charge is 0.296 e. The molecule has 3 heterocycles. The quantitative estimate of drug-likeness (QED) is 0.711. The van der Waals surface area contributed by atoms with E-state index in [1.165, 1.54) is 6.07 Å². The zero-order chi connectivity index (χ0) is 18.8. The molecule has 5 nitrogen and oxygen atoms in total. The first-order chi connectivity index (χ1) is 13.1. The van der Waals surface area contributed by atoms with Crippen molar-refractivity contribution in [2.45, 2.75) is 20.0 Å². The molecule has 0 saturated carbocycles. The minimum Gasteiger partial charge on any atom is -0.296 e. The first-order valence-electron chi connectivity index (χ1n) is 9.25. The minimum absolute atomic E-state index is 0.0445. The van der Waals surface area contributed by atoms with Gasteiger partial charge in [0.05, 0.1) is 5.69 Å². The Morgan fingerprint density at radius 3 is 2.44 bits per heavy atom. The molecule has 3 aromatic rings. The van der Waals surface area contributed by atoms with E-state index in [9.17, 15) is 9.18 Å². The van der Waals surface area contributed by atoms with Crippen LogP contribution < -0.4 is 5.56 Å². The number of benzene rings is 1. The van der Waals surface area contributed by atoms with Gasteiger partial charge in [0.25, 0.3) is 5.56 Å². The molecule has 0 radical (unpaired) electrons. The summed E-state index contributed by atoms with van der Waals surface area (Å²) in [5, 5.41) is 0. The van der Waals surface area contributed by atoms with Gasteiger partial charge in [-0.1, -0.05) is 24.3 Å². The van der Waals surface area contributed by atoms with Crippen LogP contribution in [0.3, 0.4) is 0 Å². The van der Waals surface area contributed by atoms with Crippen LogP contribution in [-0.4, -0.2) is 45.4 Å². The molecular formula is C21H23FN4O. The van der Waals surface area contributed by atoms with E-state index in [-0.39, 0.29) is 11.4 Å². The number of aryl methyl sites for hydroxylation is 1. The second-order valence-corrected chi connectivity index (χ2v) is 7.16. The molecule has 1 aromatic carbocycles. The molecule has 1 saturated heterocycles. The summed E-state index contributed by atoms with van der Waals surface area (Å²) in [6.07, 6.45) is 1.82. The Morgan fingerprint density at radius 2 is 1.70 bits per heavy atom. The fourth-order valence-electron chi connectivity index (χ4n) is 3.54. The summed E-state index contributed by atoms with van der Waals surface area (Å²) in [5.41, 5.74) is 3.21. The van der Waals surface area contributed by atoms with Crippen LogP contribution in [0.25, 0.3) is 5.65 Å². The topological polar surface area (TPSA) is 40.9 Å². The lowest BCUT2D eigenvalue weighted by Gasteiger charge is -2.34. The first-order valence-corrected chi connectivity index (χ1v) is 9.25. The highest BCUT2D eigenvalue weighted by Crippen LogP contribution is 2.13. The van der Waals surface area contributed by atoms with Crippen LogP contribution in [0.4, 0.5) is 4.39 Å². The van der Waals surface area contributed by atoms with E-state index in [0.717, 1.165) is 43.0 Å². The molecule has 0 N–H and O–H groups in total. The molecular weight excluding hydrogens is 343 g/mol. The summed E-state index contributed by atoms with van der Waals surface area (Å²) >= 11 is 0. The smallest absolute Gasteiger partial charge is 0.258 e. The number of piperazine rings is 1. The molecule has 0 amide bonds. The lowest BCUT2D eigenvalue weighted by molar-refractivity contribution is 0.120. The van der Waals surface area contributed by atoms with Gasteiger partial charge in [-0.2, -0.15) is 0 Å². The average Bonchev–Trinajstić information content (AvgIpc) is 2.66. The molecule has 4 rings (SSSR count). The molecule has 2 aromatic heterocycles. The van der Waals surface area contributed by atoms with E-state index >= 15 is 0 Å². The van der Waals surface area contributed by atoms with Crippen molar-refractivity contribution in [3.05, 3.63) is 81.7 Å². The fraction of sp³-hybridized carbons (Fsp3) is 0.333. The maximum absolute atomic E-state index is 13.8. The van der Waals surface area contributed by atoms with Crippen LogP contribution in [0.15, 0.2) is 53.5 Å². The zero-order valence-electron chi connectivity index (χ0n) is 15.4. The highest BCUT2D eigenvalue weighted by Gasteiger charge is 2.19. The predicted octanol–water partition coefficient (Wildman–Crippen LogP) is 2.46. The number of hydrogen-bond donors (Lipinski definition) is 0. The molecule has 0 spiro atoms. The monoisotopic (exact) mass is 366 g/mol. The van der Waals surface area contributed by atoms with Gasteiger partial charge in [0.1, 0.15) is 11.5 Å². The summed E-state index contributed by atoms with van der Waals surface area (Å²) < 4.78 is 15.4. The lowest BCUT2D eigenvalue weighted by Crippen LogP contribution is -2.45. The molecule has 0 unspecified atom stereocenters.